The summed E-state index contributed by atoms with van der Waals surface area (Å²) >= 11 is 0. The van der Waals surface area contributed by atoms with Gasteiger partial charge < -0.3 is 14.7 Å². The van der Waals surface area contributed by atoms with Gasteiger partial charge in [-0.2, -0.15) is 0 Å². The number of likely N-dealkylation sites (N-methyl/N-ethyl adjacent to an activating group) is 1. The fourth-order valence-electron chi connectivity index (χ4n) is 1.56. The molecule has 0 spiro atoms. The number of hydrogen-bond acceptors (Lipinski definition) is 3. The van der Waals surface area contributed by atoms with E-state index in [9.17, 15) is 5.11 Å². The molecule has 3 nitrogen and oxygen atoms in total. The predicted octanol–water partition coefficient (Wildman–Crippen LogP) is 1.60. The van der Waals surface area contributed by atoms with Crippen LogP contribution in [0.3, 0.4) is 0 Å². The van der Waals surface area contributed by atoms with Gasteiger partial charge in [0.15, 0.2) is 0 Å². The fourth-order valence-corrected chi connectivity index (χ4v) is 1.56. The molecule has 0 saturated carbocycles. The van der Waals surface area contributed by atoms with Crippen molar-refractivity contribution in [1.29, 1.82) is 0 Å². The van der Waals surface area contributed by atoms with Crippen LogP contribution >= 0.6 is 0 Å². The number of benzene rings is 1. The van der Waals surface area contributed by atoms with Gasteiger partial charge in [0.05, 0.1) is 13.2 Å². The lowest BCUT2D eigenvalue weighted by atomic mass is 10.0. The van der Waals surface area contributed by atoms with E-state index in [0.717, 1.165) is 16.9 Å². The van der Waals surface area contributed by atoms with Crippen molar-refractivity contribution in [2.24, 2.45) is 0 Å². The van der Waals surface area contributed by atoms with Gasteiger partial charge >= 0.3 is 0 Å². The Hall–Kier alpha value is -1.06. The van der Waals surface area contributed by atoms with Crippen LogP contribution in [-0.2, 0) is 0 Å². The molecule has 3 heteroatoms. The number of aliphatic hydroxyl groups excluding tert-OH is 1. The second-order valence-corrected chi connectivity index (χ2v) is 4.02. The third kappa shape index (κ3) is 3.22. The first-order valence-corrected chi connectivity index (χ1v) is 5.02. The number of rotatable bonds is 4. The van der Waals surface area contributed by atoms with Gasteiger partial charge in [0.2, 0.25) is 0 Å². The minimum Gasteiger partial charge on any atom is -0.496 e. The summed E-state index contributed by atoms with van der Waals surface area (Å²) in [7, 11) is 5.49. The number of aryl methyl sites for hydroxylation is 1. The quantitative estimate of drug-likeness (QED) is 0.817. The van der Waals surface area contributed by atoms with E-state index in [4.69, 9.17) is 4.74 Å². The van der Waals surface area contributed by atoms with E-state index < -0.39 is 6.10 Å². The zero-order chi connectivity index (χ0) is 11.4. The Morgan fingerprint density at radius 2 is 2.07 bits per heavy atom. The average Bonchev–Trinajstić information content (AvgIpc) is 2.16. The van der Waals surface area contributed by atoms with Crippen LogP contribution in [0, 0.1) is 6.92 Å². The van der Waals surface area contributed by atoms with Crippen LogP contribution in [0.1, 0.15) is 17.2 Å². The molecule has 0 amide bonds. The van der Waals surface area contributed by atoms with Crippen molar-refractivity contribution in [3.05, 3.63) is 29.3 Å². The Bertz CT molecular complexity index is 323. The molecule has 0 aliphatic carbocycles. The van der Waals surface area contributed by atoms with Crippen molar-refractivity contribution in [3.63, 3.8) is 0 Å². The third-order valence-corrected chi connectivity index (χ3v) is 2.28. The van der Waals surface area contributed by atoms with Crippen molar-refractivity contribution < 1.29 is 9.84 Å². The zero-order valence-electron chi connectivity index (χ0n) is 9.82. The van der Waals surface area contributed by atoms with Gasteiger partial charge in [-0.1, -0.05) is 11.6 Å². The van der Waals surface area contributed by atoms with Crippen molar-refractivity contribution in [3.8, 4) is 5.75 Å². The highest BCUT2D eigenvalue weighted by atomic mass is 16.5. The second-order valence-electron chi connectivity index (χ2n) is 4.02. The molecule has 0 aliphatic rings. The average molecular weight is 209 g/mol. The summed E-state index contributed by atoms with van der Waals surface area (Å²) < 4.78 is 5.22. The minimum atomic E-state index is -0.505. The zero-order valence-corrected chi connectivity index (χ0v) is 9.82. The third-order valence-electron chi connectivity index (χ3n) is 2.28. The highest BCUT2D eigenvalue weighted by Crippen LogP contribution is 2.26. The van der Waals surface area contributed by atoms with Crippen LogP contribution < -0.4 is 4.74 Å². The summed E-state index contributed by atoms with van der Waals surface area (Å²) in [4.78, 5) is 1.95. The van der Waals surface area contributed by atoms with E-state index in [1.54, 1.807) is 7.11 Å². The lowest BCUT2D eigenvalue weighted by Crippen LogP contribution is -2.20. The first kappa shape index (κ1) is 12.0. The maximum Gasteiger partial charge on any atom is 0.124 e. The number of hydrogen-bond donors (Lipinski definition) is 1. The van der Waals surface area contributed by atoms with Crippen LogP contribution in [0.15, 0.2) is 18.2 Å². The highest BCUT2D eigenvalue weighted by Gasteiger charge is 2.13. The van der Waals surface area contributed by atoms with Gasteiger partial charge in [-0.15, -0.1) is 0 Å². The lowest BCUT2D eigenvalue weighted by Gasteiger charge is -2.18. The Balaban J connectivity index is 2.94. The predicted molar refractivity (Wildman–Crippen MR) is 61.2 cm³/mol. The van der Waals surface area contributed by atoms with Gasteiger partial charge in [0, 0.05) is 12.1 Å². The Morgan fingerprint density at radius 1 is 1.40 bits per heavy atom. The Labute approximate surface area is 91.3 Å². The minimum absolute atomic E-state index is 0.505. The summed E-state index contributed by atoms with van der Waals surface area (Å²) in [6, 6.07) is 5.83. The number of aliphatic hydroxyl groups is 1. The van der Waals surface area contributed by atoms with Crippen molar-refractivity contribution in [2.75, 3.05) is 27.7 Å². The first-order valence-electron chi connectivity index (χ1n) is 5.02. The van der Waals surface area contributed by atoms with Crippen LogP contribution in [0.25, 0.3) is 0 Å². The molecule has 1 N–H and O–H groups in total. The van der Waals surface area contributed by atoms with Gasteiger partial charge in [-0.05, 0) is 33.2 Å². The van der Waals surface area contributed by atoms with E-state index in [1.807, 2.05) is 44.1 Å². The standard InChI is InChI=1S/C12H19NO2/c1-9-5-6-12(15-4)10(7-9)11(14)8-13(2)3/h5-7,11,14H,8H2,1-4H3. The van der Waals surface area contributed by atoms with Gasteiger partial charge in [0.25, 0.3) is 0 Å². The lowest BCUT2D eigenvalue weighted by molar-refractivity contribution is 0.135. The molecule has 1 atom stereocenters. The monoisotopic (exact) mass is 209 g/mol. The molecule has 1 rings (SSSR count). The molecular weight excluding hydrogens is 190 g/mol. The Kier molecular flexibility index (Phi) is 4.12. The molecule has 1 unspecified atom stereocenters. The topological polar surface area (TPSA) is 32.7 Å². The van der Waals surface area contributed by atoms with Crippen molar-refractivity contribution >= 4 is 0 Å². The first-order chi connectivity index (χ1) is 7.04. The summed E-state index contributed by atoms with van der Waals surface area (Å²) in [5.41, 5.74) is 1.98. The van der Waals surface area contributed by atoms with Crippen molar-refractivity contribution in [2.45, 2.75) is 13.0 Å². The molecule has 1 aromatic carbocycles. The van der Waals surface area contributed by atoms with E-state index in [2.05, 4.69) is 0 Å². The maximum absolute atomic E-state index is 10.0. The molecule has 0 bridgehead atoms. The summed E-state index contributed by atoms with van der Waals surface area (Å²) in [5.74, 6) is 0.745. The molecule has 0 fully saturated rings. The van der Waals surface area contributed by atoms with Gasteiger partial charge in [0.1, 0.15) is 5.75 Å². The smallest absolute Gasteiger partial charge is 0.124 e. The number of methoxy groups -OCH3 is 1. The molecule has 0 aromatic heterocycles. The summed E-state index contributed by atoms with van der Waals surface area (Å²) in [5, 5.41) is 10.0. The summed E-state index contributed by atoms with van der Waals surface area (Å²) in [6.45, 7) is 2.60. The second kappa shape index (κ2) is 5.14. The Morgan fingerprint density at radius 3 is 2.60 bits per heavy atom. The molecule has 1 aromatic rings. The van der Waals surface area contributed by atoms with Crippen LogP contribution in [0.5, 0.6) is 5.75 Å². The molecule has 0 heterocycles. The van der Waals surface area contributed by atoms with E-state index in [0.29, 0.717) is 6.54 Å². The SMILES string of the molecule is COc1ccc(C)cc1C(O)CN(C)C. The molecule has 0 aliphatic heterocycles. The van der Waals surface area contributed by atoms with E-state index >= 15 is 0 Å². The highest BCUT2D eigenvalue weighted by molar-refractivity contribution is 5.38. The maximum atomic E-state index is 10.0. The molecular formula is C12H19NO2. The number of ether oxygens (including phenoxy) is 1. The molecule has 0 saturated heterocycles. The normalized spacial score (nSPS) is 12.9. The van der Waals surface area contributed by atoms with Crippen molar-refractivity contribution in [1.82, 2.24) is 4.90 Å². The largest absolute Gasteiger partial charge is 0.496 e. The van der Waals surface area contributed by atoms with Gasteiger partial charge in [-0.3, -0.25) is 0 Å². The fraction of sp³-hybridized carbons (Fsp3) is 0.500. The van der Waals surface area contributed by atoms with Gasteiger partial charge in [-0.25, -0.2) is 0 Å². The molecule has 0 radical (unpaired) electrons. The molecule has 84 valence electrons. The van der Waals surface area contributed by atoms with Crippen LogP contribution in [0.2, 0.25) is 0 Å². The van der Waals surface area contributed by atoms with Crippen LogP contribution in [0.4, 0.5) is 0 Å². The molecule has 15 heavy (non-hydrogen) atoms. The van der Waals surface area contributed by atoms with E-state index in [-0.39, 0.29) is 0 Å². The number of nitrogens with zero attached hydrogens (tertiary/aromatic N) is 1. The van der Waals surface area contributed by atoms with Crippen LogP contribution in [-0.4, -0.2) is 37.8 Å². The van der Waals surface area contributed by atoms with E-state index in [1.165, 1.54) is 0 Å². The summed E-state index contributed by atoms with van der Waals surface area (Å²) in [6.07, 6.45) is -0.505.